The Bertz CT molecular complexity index is 423. The van der Waals surface area contributed by atoms with Crippen LogP contribution in [0.25, 0.3) is 0 Å². The normalized spacial score (nSPS) is 15.2. The van der Waals surface area contributed by atoms with Gasteiger partial charge in [-0.3, -0.25) is 9.69 Å². The lowest BCUT2D eigenvalue weighted by molar-refractivity contribution is -0.117. The lowest BCUT2D eigenvalue weighted by Crippen LogP contribution is -2.30. The van der Waals surface area contributed by atoms with Crippen LogP contribution in [0.4, 0.5) is 10.1 Å². The Balaban J connectivity index is 0.00000162. The minimum Gasteiger partial charge on any atom is -0.325 e. The van der Waals surface area contributed by atoms with Gasteiger partial charge < -0.3 is 5.32 Å². The maximum absolute atomic E-state index is 12.9. The van der Waals surface area contributed by atoms with E-state index in [0.29, 0.717) is 12.2 Å². The quantitative estimate of drug-likeness (QED) is 0.929. The van der Waals surface area contributed by atoms with Gasteiger partial charge in [0.2, 0.25) is 5.91 Å². The standard InChI is InChI=1S/C12H14ClFN2O.ClH/c13-10-7-9(3-4-11(10)14)15-12(17)8-16-5-1-2-6-16;/h3-4,7H,1-2,5-6,8H2,(H,15,17);1H. The van der Waals surface area contributed by atoms with E-state index in [-0.39, 0.29) is 23.3 Å². The van der Waals surface area contributed by atoms with E-state index in [1.807, 2.05) is 0 Å². The number of carbonyl (C=O) groups is 1. The van der Waals surface area contributed by atoms with E-state index in [9.17, 15) is 9.18 Å². The van der Waals surface area contributed by atoms with Crippen molar-refractivity contribution in [2.45, 2.75) is 12.8 Å². The lowest BCUT2D eigenvalue weighted by atomic mass is 10.3. The number of hydrogen-bond donors (Lipinski definition) is 1. The first-order valence-corrected chi connectivity index (χ1v) is 6.00. The van der Waals surface area contributed by atoms with Gasteiger partial charge in [-0.2, -0.15) is 0 Å². The van der Waals surface area contributed by atoms with Gasteiger partial charge in [-0.05, 0) is 44.1 Å². The molecular weight excluding hydrogens is 278 g/mol. The number of amides is 1. The fourth-order valence-corrected chi connectivity index (χ4v) is 2.10. The SMILES string of the molecule is Cl.O=C(CN1CCCC1)Nc1ccc(F)c(Cl)c1. The predicted molar refractivity (Wildman–Crippen MR) is 73.0 cm³/mol. The summed E-state index contributed by atoms with van der Waals surface area (Å²) >= 11 is 5.63. The highest BCUT2D eigenvalue weighted by atomic mass is 35.5. The molecule has 0 radical (unpaired) electrons. The molecule has 1 N–H and O–H groups in total. The number of anilines is 1. The molecule has 0 spiro atoms. The van der Waals surface area contributed by atoms with Gasteiger partial charge in [0.05, 0.1) is 11.6 Å². The minimum atomic E-state index is -0.482. The zero-order valence-corrected chi connectivity index (χ0v) is 11.4. The molecule has 1 aromatic carbocycles. The molecule has 0 unspecified atom stereocenters. The molecule has 1 aromatic rings. The summed E-state index contributed by atoms with van der Waals surface area (Å²) in [5, 5.41) is 2.72. The predicted octanol–water partition coefficient (Wildman–Crippen LogP) is 2.94. The van der Waals surface area contributed by atoms with Crippen LogP contribution in [0.15, 0.2) is 18.2 Å². The van der Waals surface area contributed by atoms with Gasteiger partial charge in [-0.15, -0.1) is 12.4 Å². The van der Waals surface area contributed by atoms with Crippen LogP contribution in [0.2, 0.25) is 5.02 Å². The zero-order chi connectivity index (χ0) is 12.3. The molecule has 1 amide bonds. The fourth-order valence-electron chi connectivity index (χ4n) is 1.92. The van der Waals surface area contributed by atoms with Gasteiger partial charge in [0, 0.05) is 5.69 Å². The summed E-state index contributed by atoms with van der Waals surface area (Å²) < 4.78 is 12.9. The number of nitrogens with zero attached hydrogens (tertiary/aromatic N) is 1. The molecular formula is C12H15Cl2FN2O. The third-order valence-electron chi connectivity index (χ3n) is 2.77. The fraction of sp³-hybridized carbons (Fsp3) is 0.417. The molecule has 3 nitrogen and oxygen atoms in total. The second kappa shape index (κ2) is 6.92. The van der Waals surface area contributed by atoms with Crippen molar-refractivity contribution in [2.24, 2.45) is 0 Å². The van der Waals surface area contributed by atoms with Gasteiger partial charge in [-0.1, -0.05) is 11.6 Å². The first kappa shape index (κ1) is 15.2. The molecule has 0 saturated carbocycles. The number of benzene rings is 1. The maximum Gasteiger partial charge on any atom is 0.238 e. The maximum atomic E-state index is 12.9. The highest BCUT2D eigenvalue weighted by molar-refractivity contribution is 6.31. The molecule has 0 bridgehead atoms. The molecule has 6 heteroatoms. The van der Waals surface area contributed by atoms with Crippen molar-refractivity contribution in [2.75, 3.05) is 25.0 Å². The summed E-state index contributed by atoms with van der Waals surface area (Å²) in [6, 6.07) is 4.16. The van der Waals surface area contributed by atoms with Crippen LogP contribution >= 0.6 is 24.0 Å². The molecule has 0 aromatic heterocycles. The van der Waals surface area contributed by atoms with Gasteiger partial charge in [0.25, 0.3) is 0 Å². The molecule has 1 heterocycles. The zero-order valence-electron chi connectivity index (χ0n) is 9.79. The van der Waals surface area contributed by atoms with E-state index in [0.717, 1.165) is 25.9 Å². The first-order chi connectivity index (χ1) is 8.15. The van der Waals surface area contributed by atoms with Gasteiger partial charge in [-0.25, -0.2) is 4.39 Å². The van der Waals surface area contributed by atoms with Gasteiger partial charge in [0.15, 0.2) is 0 Å². The number of rotatable bonds is 3. The Labute approximate surface area is 117 Å². The number of likely N-dealkylation sites (tertiary alicyclic amines) is 1. The van der Waals surface area contributed by atoms with Crippen LogP contribution < -0.4 is 5.32 Å². The van der Waals surface area contributed by atoms with Crippen LogP contribution in [0.5, 0.6) is 0 Å². The third-order valence-corrected chi connectivity index (χ3v) is 3.06. The number of carbonyl (C=O) groups excluding carboxylic acids is 1. The van der Waals surface area contributed by atoms with Crippen LogP contribution in [0, 0.1) is 5.82 Å². The lowest BCUT2D eigenvalue weighted by Gasteiger charge is -2.14. The smallest absolute Gasteiger partial charge is 0.238 e. The summed E-state index contributed by atoms with van der Waals surface area (Å²) in [7, 11) is 0. The number of halogens is 3. The highest BCUT2D eigenvalue weighted by Gasteiger charge is 2.15. The van der Waals surface area contributed by atoms with E-state index in [1.54, 1.807) is 0 Å². The monoisotopic (exact) mass is 292 g/mol. The Morgan fingerprint density at radius 2 is 2.06 bits per heavy atom. The van der Waals surface area contributed by atoms with Gasteiger partial charge in [0.1, 0.15) is 5.82 Å². The average Bonchev–Trinajstić information content (AvgIpc) is 2.76. The Hall–Kier alpha value is -0.840. The molecule has 18 heavy (non-hydrogen) atoms. The minimum absolute atomic E-state index is 0. The van der Waals surface area contributed by atoms with Crippen LogP contribution in [0.1, 0.15) is 12.8 Å². The van der Waals surface area contributed by atoms with Crippen LogP contribution in [-0.4, -0.2) is 30.4 Å². The molecule has 2 rings (SSSR count). The average molecular weight is 293 g/mol. The van der Waals surface area contributed by atoms with Crippen molar-refractivity contribution in [1.29, 1.82) is 0 Å². The summed E-state index contributed by atoms with van der Waals surface area (Å²) in [6.07, 6.45) is 2.30. The molecule has 1 aliphatic heterocycles. The van der Waals surface area contributed by atoms with Crippen LogP contribution in [0.3, 0.4) is 0 Å². The molecule has 1 saturated heterocycles. The first-order valence-electron chi connectivity index (χ1n) is 5.62. The molecule has 1 aliphatic rings. The van der Waals surface area contributed by atoms with Crippen molar-refractivity contribution in [3.63, 3.8) is 0 Å². The second-order valence-electron chi connectivity index (χ2n) is 4.16. The van der Waals surface area contributed by atoms with E-state index >= 15 is 0 Å². The van der Waals surface area contributed by atoms with E-state index in [2.05, 4.69) is 10.2 Å². The molecule has 1 fully saturated rings. The summed E-state index contributed by atoms with van der Waals surface area (Å²) in [4.78, 5) is 13.8. The van der Waals surface area contributed by atoms with E-state index in [4.69, 9.17) is 11.6 Å². The summed E-state index contributed by atoms with van der Waals surface area (Å²) in [5.41, 5.74) is 0.528. The van der Waals surface area contributed by atoms with Crippen molar-refractivity contribution in [3.05, 3.63) is 29.0 Å². The van der Waals surface area contributed by atoms with Crippen LogP contribution in [-0.2, 0) is 4.79 Å². The van der Waals surface area contributed by atoms with Gasteiger partial charge >= 0.3 is 0 Å². The Morgan fingerprint density at radius 3 is 2.67 bits per heavy atom. The third kappa shape index (κ3) is 4.12. The largest absolute Gasteiger partial charge is 0.325 e. The molecule has 0 aliphatic carbocycles. The van der Waals surface area contributed by atoms with Crippen molar-refractivity contribution < 1.29 is 9.18 Å². The number of nitrogens with one attached hydrogen (secondary N) is 1. The molecule has 0 atom stereocenters. The van der Waals surface area contributed by atoms with E-state index in [1.165, 1.54) is 18.2 Å². The van der Waals surface area contributed by atoms with E-state index < -0.39 is 5.82 Å². The summed E-state index contributed by atoms with van der Waals surface area (Å²) in [5.74, 6) is -0.571. The summed E-state index contributed by atoms with van der Waals surface area (Å²) in [6.45, 7) is 2.32. The second-order valence-corrected chi connectivity index (χ2v) is 4.57. The topological polar surface area (TPSA) is 32.3 Å². The Morgan fingerprint density at radius 1 is 1.39 bits per heavy atom. The van der Waals surface area contributed by atoms with Crippen molar-refractivity contribution in [3.8, 4) is 0 Å². The highest BCUT2D eigenvalue weighted by Crippen LogP contribution is 2.19. The van der Waals surface area contributed by atoms with Crippen molar-refractivity contribution in [1.82, 2.24) is 4.90 Å². The number of hydrogen-bond acceptors (Lipinski definition) is 2. The Kier molecular flexibility index (Phi) is 5.85. The molecule has 100 valence electrons. The van der Waals surface area contributed by atoms with Crippen molar-refractivity contribution >= 4 is 35.6 Å².